The lowest BCUT2D eigenvalue weighted by atomic mass is 10.0. The van der Waals surface area contributed by atoms with Crippen molar-refractivity contribution in [2.24, 2.45) is 5.92 Å². The van der Waals surface area contributed by atoms with E-state index in [0.717, 1.165) is 0 Å². The van der Waals surface area contributed by atoms with Crippen molar-refractivity contribution in [2.75, 3.05) is 19.0 Å². The van der Waals surface area contributed by atoms with Crippen molar-refractivity contribution in [3.63, 3.8) is 0 Å². The Bertz CT molecular complexity index is 472. The molecule has 1 aromatic rings. The van der Waals surface area contributed by atoms with Gasteiger partial charge in [0.25, 0.3) is 5.91 Å². The maximum Gasteiger partial charge on any atom is 0.326 e. The normalized spacial score (nSPS) is 12.1. The highest BCUT2D eigenvalue weighted by atomic mass is 16.4. The van der Waals surface area contributed by atoms with E-state index in [4.69, 9.17) is 5.11 Å². The van der Waals surface area contributed by atoms with E-state index in [1.165, 1.54) is 6.20 Å². The zero-order valence-corrected chi connectivity index (χ0v) is 11.5. The first-order chi connectivity index (χ1) is 8.82. The van der Waals surface area contributed by atoms with Crippen LogP contribution < -0.4 is 10.2 Å². The number of aliphatic carboxylic acids is 1. The Kier molecular flexibility index (Phi) is 4.86. The highest BCUT2D eigenvalue weighted by Crippen LogP contribution is 2.10. The van der Waals surface area contributed by atoms with Crippen molar-refractivity contribution in [3.05, 3.63) is 23.9 Å². The van der Waals surface area contributed by atoms with E-state index >= 15 is 0 Å². The molecule has 1 aromatic heterocycles. The minimum atomic E-state index is -1.04. The number of carbonyl (C=O) groups is 2. The van der Waals surface area contributed by atoms with Crippen LogP contribution >= 0.6 is 0 Å². The van der Waals surface area contributed by atoms with Gasteiger partial charge in [-0.25, -0.2) is 9.78 Å². The topological polar surface area (TPSA) is 82.5 Å². The van der Waals surface area contributed by atoms with E-state index in [2.05, 4.69) is 10.3 Å². The number of anilines is 1. The molecule has 0 aliphatic heterocycles. The van der Waals surface area contributed by atoms with Gasteiger partial charge in [0.15, 0.2) is 0 Å². The number of carboxylic acid groups (broad SMARTS) is 1. The van der Waals surface area contributed by atoms with Crippen LogP contribution in [-0.2, 0) is 4.79 Å². The molecule has 6 nitrogen and oxygen atoms in total. The molecule has 0 radical (unpaired) electrons. The van der Waals surface area contributed by atoms with Crippen molar-refractivity contribution >= 4 is 17.7 Å². The predicted octanol–water partition coefficient (Wildman–Crippen LogP) is 0.987. The first kappa shape index (κ1) is 14.9. The van der Waals surface area contributed by atoms with Gasteiger partial charge in [-0.15, -0.1) is 0 Å². The lowest BCUT2D eigenvalue weighted by Gasteiger charge is -2.18. The Hall–Kier alpha value is -2.11. The predicted molar refractivity (Wildman–Crippen MR) is 72.3 cm³/mol. The SMILES string of the molecule is CC(C)C(NC(=O)c1ccnc(N(C)C)c1)C(=O)O. The molecule has 19 heavy (non-hydrogen) atoms. The smallest absolute Gasteiger partial charge is 0.326 e. The van der Waals surface area contributed by atoms with Crippen molar-refractivity contribution < 1.29 is 14.7 Å². The second kappa shape index (κ2) is 6.17. The first-order valence-electron chi connectivity index (χ1n) is 6.00. The summed E-state index contributed by atoms with van der Waals surface area (Å²) in [6.45, 7) is 3.49. The third-order valence-corrected chi connectivity index (χ3v) is 2.69. The van der Waals surface area contributed by atoms with E-state index < -0.39 is 17.9 Å². The summed E-state index contributed by atoms with van der Waals surface area (Å²) in [6.07, 6.45) is 1.52. The van der Waals surface area contributed by atoms with E-state index in [1.54, 1.807) is 30.9 Å². The van der Waals surface area contributed by atoms with Crippen molar-refractivity contribution in [1.29, 1.82) is 0 Å². The molecule has 0 aliphatic carbocycles. The van der Waals surface area contributed by atoms with Gasteiger partial charge in [0, 0.05) is 25.9 Å². The number of nitrogens with one attached hydrogen (secondary N) is 1. The third-order valence-electron chi connectivity index (χ3n) is 2.69. The number of pyridine rings is 1. The standard InChI is InChI=1S/C13H19N3O3/c1-8(2)11(13(18)19)15-12(17)9-5-6-14-10(7-9)16(3)4/h5-8,11H,1-4H3,(H,15,17)(H,18,19). The van der Waals surface area contributed by atoms with Crippen LogP contribution in [0.4, 0.5) is 5.82 Å². The number of hydrogen-bond donors (Lipinski definition) is 2. The molecule has 1 amide bonds. The molecular weight excluding hydrogens is 246 g/mol. The molecule has 2 N–H and O–H groups in total. The molecule has 104 valence electrons. The van der Waals surface area contributed by atoms with Crippen molar-refractivity contribution in [2.45, 2.75) is 19.9 Å². The molecule has 0 saturated carbocycles. The molecule has 1 rings (SSSR count). The summed E-state index contributed by atoms with van der Waals surface area (Å²) >= 11 is 0. The monoisotopic (exact) mass is 265 g/mol. The number of rotatable bonds is 5. The fraction of sp³-hybridized carbons (Fsp3) is 0.462. The van der Waals surface area contributed by atoms with Gasteiger partial charge >= 0.3 is 5.97 Å². The molecule has 0 saturated heterocycles. The highest BCUT2D eigenvalue weighted by molar-refractivity contribution is 5.97. The van der Waals surface area contributed by atoms with E-state index in [-0.39, 0.29) is 5.92 Å². The minimum Gasteiger partial charge on any atom is -0.480 e. The lowest BCUT2D eigenvalue weighted by molar-refractivity contribution is -0.140. The zero-order valence-electron chi connectivity index (χ0n) is 11.5. The van der Waals surface area contributed by atoms with Gasteiger partial charge in [-0.3, -0.25) is 4.79 Å². The second-order valence-electron chi connectivity index (χ2n) is 4.83. The number of aromatic nitrogens is 1. The molecule has 0 aromatic carbocycles. The summed E-state index contributed by atoms with van der Waals surface area (Å²) in [7, 11) is 3.64. The van der Waals surface area contributed by atoms with E-state index in [9.17, 15) is 9.59 Å². The minimum absolute atomic E-state index is 0.184. The summed E-state index contributed by atoms with van der Waals surface area (Å²) in [5.41, 5.74) is 0.394. The maximum atomic E-state index is 12.0. The summed E-state index contributed by atoms with van der Waals surface area (Å²) in [6, 6.07) is 2.28. The van der Waals surface area contributed by atoms with Gasteiger partial charge in [0.05, 0.1) is 0 Å². The Labute approximate surface area is 112 Å². The molecule has 1 atom stereocenters. The Morgan fingerprint density at radius 3 is 2.47 bits per heavy atom. The largest absolute Gasteiger partial charge is 0.480 e. The fourth-order valence-electron chi connectivity index (χ4n) is 1.54. The molecule has 0 spiro atoms. The van der Waals surface area contributed by atoms with Crippen LogP contribution in [0.5, 0.6) is 0 Å². The average Bonchev–Trinajstić information content (AvgIpc) is 2.34. The van der Waals surface area contributed by atoms with Crippen LogP contribution in [-0.4, -0.2) is 42.1 Å². The molecule has 1 heterocycles. The number of hydrogen-bond acceptors (Lipinski definition) is 4. The van der Waals surface area contributed by atoms with Gasteiger partial charge in [0.2, 0.25) is 0 Å². The zero-order chi connectivity index (χ0) is 14.6. The van der Waals surface area contributed by atoms with Crippen LogP contribution in [0.3, 0.4) is 0 Å². The quantitative estimate of drug-likeness (QED) is 0.829. The summed E-state index contributed by atoms with van der Waals surface area (Å²) < 4.78 is 0. The second-order valence-corrected chi connectivity index (χ2v) is 4.83. The van der Waals surface area contributed by atoms with Crippen LogP contribution in [0.2, 0.25) is 0 Å². The summed E-state index contributed by atoms with van der Waals surface area (Å²) in [5, 5.41) is 11.6. The van der Waals surface area contributed by atoms with Crippen molar-refractivity contribution in [3.8, 4) is 0 Å². The lowest BCUT2D eigenvalue weighted by Crippen LogP contribution is -2.44. The average molecular weight is 265 g/mol. The summed E-state index contributed by atoms with van der Waals surface area (Å²) in [4.78, 5) is 28.9. The van der Waals surface area contributed by atoms with Crippen LogP contribution in [0, 0.1) is 5.92 Å². The Balaban J connectivity index is 2.88. The molecule has 6 heteroatoms. The maximum absolute atomic E-state index is 12.0. The Morgan fingerprint density at radius 2 is 2.00 bits per heavy atom. The van der Waals surface area contributed by atoms with Crippen LogP contribution in [0.25, 0.3) is 0 Å². The molecule has 0 fully saturated rings. The molecule has 1 unspecified atom stereocenters. The van der Waals surface area contributed by atoms with Gasteiger partial charge in [-0.05, 0) is 18.1 Å². The van der Waals surface area contributed by atoms with Gasteiger partial charge in [-0.1, -0.05) is 13.8 Å². The van der Waals surface area contributed by atoms with Gasteiger partial charge in [0.1, 0.15) is 11.9 Å². The summed E-state index contributed by atoms with van der Waals surface area (Å²) in [5.74, 6) is -0.988. The first-order valence-corrected chi connectivity index (χ1v) is 6.00. The highest BCUT2D eigenvalue weighted by Gasteiger charge is 2.24. The van der Waals surface area contributed by atoms with E-state index in [0.29, 0.717) is 11.4 Å². The van der Waals surface area contributed by atoms with Gasteiger partial charge in [-0.2, -0.15) is 0 Å². The van der Waals surface area contributed by atoms with Gasteiger partial charge < -0.3 is 15.3 Å². The third kappa shape index (κ3) is 3.94. The number of carbonyl (C=O) groups excluding carboxylic acids is 1. The molecular formula is C13H19N3O3. The van der Waals surface area contributed by atoms with Crippen molar-refractivity contribution in [1.82, 2.24) is 10.3 Å². The number of nitrogens with zero attached hydrogens (tertiary/aromatic N) is 2. The molecule has 0 bridgehead atoms. The number of carboxylic acids is 1. The fourth-order valence-corrected chi connectivity index (χ4v) is 1.54. The number of amides is 1. The van der Waals surface area contributed by atoms with Crippen LogP contribution in [0.15, 0.2) is 18.3 Å². The molecule has 0 aliphatic rings. The van der Waals surface area contributed by atoms with E-state index in [1.807, 2.05) is 14.1 Å². The Morgan fingerprint density at radius 1 is 1.37 bits per heavy atom. The van der Waals surface area contributed by atoms with Crippen LogP contribution in [0.1, 0.15) is 24.2 Å².